The molecular formula is C11H18N2O3. The summed E-state index contributed by atoms with van der Waals surface area (Å²) in [7, 11) is 0. The molecule has 1 heterocycles. The lowest BCUT2D eigenvalue weighted by Crippen LogP contribution is -2.52. The summed E-state index contributed by atoms with van der Waals surface area (Å²) in [4.78, 5) is 13.9. The Kier molecular flexibility index (Phi) is 3.58. The molecule has 1 aliphatic carbocycles. The van der Waals surface area contributed by atoms with Gasteiger partial charge < -0.3 is 20.5 Å². The Bertz CT molecular complexity index is 293. The van der Waals surface area contributed by atoms with Gasteiger partial charge in [0, 0.05) is 12.6 Å². The number of aliphatic hydroxyl groups excluding tert-OH is 1. The minimum atomic E-state index is -0.202. The molecule has 0 aromatic carbocycles. The van der Waals surface area contributed by atoms with Gasteiger partial charge in [0.15, 0.2) is 0 Å². The summed E-state index contributed by atoms with van der Waals surface area (Å²) in [6.07, 6.45) is 4.42. The smallest absolute Gasteiger partial charge is 0.230 e. The molecule has 16 heavy (non-hydrogen) atoms. The SMILES string of the molecule is NC1C=CC(C(=O)N2CCOCC2CO)C1. The predicted molar refractivity (Wildman–Crippen MR) is 58.6 cm³/mol. The Morgan fingerprint density at radius 3 is 3.00 bits per heavy atom. The molecule has 0 aromatic rings. The first-order valence-electron chi connectivity index (χ1n) is 5.65. The van der Waals surface area contributed by atoms with Gasteiger partial charge in [-0.15, -0.1) is 0 Å². The summed E-state index contributed by atoms with van der Waals surface area (Å²) < 4.78 is 5.24. The van der Waals surface area contributed by atoms with Crippen LogP contribution in [0.1, 0.15) is 6.42 Å². The first-order chi connectivity index (χ1) is 7.72. The summed E-state index contributed by atoms with van der Waals surface area (Å²) in [5, 5.41) is 9.19. The number of carbonyl (C=O) groups is 1. The highest BCUT2D eigenvalue weighted by Crippen LogP contribution is 2.21. The van der Waals surface area contributed by atoms with Crippen molar-refractivity contribution in [2.24, 2.45) is 11.7 Å². The minimum Gasteiger partial charge on any atom is -0.394 e. The standard InChI is InChI=1S/C11H18N2O3/c12-9-2-1-8(5-9)11(15)13-3-4-16-7-10(13)6-14/h1-2,8-10,14H,3-7,12H2. The van der Waals surface area contributed by atoms with E-state index in [0.29, 0.717) is 26.2 Å². The van der Waals surface area contributed by atoms with Gasteiger partial charge in [-0.2, -0.15) is 0 Å². The zero-order chi connectivity index (χ0) is 11.5. The third kappa shape index (κ3) is 2.26. The van der Waals surface area contributed by atoms with Crippen molar-refractivity contribution in [1.29, 1.82) is 0 Å². The second kappa shape index (κ2) is 4.95. The normalized spacial score (nSPS) is 34.4. The molecule has 5 nitrogen and oxygen atoms in total. The number of amides is 1. The molecule has 0 spiro atoms. The fourth-order valence-electron chi connectivity index (χ4n) is 2.22. The van der Waals surface area contributed by atoms with Gasteiger partial charge in [0.2, 0.25) is 5.91 Å². The molecule has 3 unspecified atom stereocenters. The number of carbonyl (C=O) groups excluding carboxylic acids is 1. The molecule has 2 rings (SSSR count). The van der Waals surface area contributed by atoms with Crippen molar-refractivity contribution in [3.63, 3.8) is 0 Å². The Morgan fingerprint density at radius 2 is 2.38 bits per heavy atom. The molecule has 0 bridgehead atoms. The summed E-state index contributed by atoms with van der Waals surface area (Å²) in [5.74, 6) is -0.0614. The number of morpholine rings is 1. The van der Waals surface area contributed by atoms with E-state index in [2.05, 4.69) is 0 Å². The Hall–Kier alpha value is -0.910. The van der Waals surface area contributed by atoms with Crippen molar-refractivity contribution in [2.75, 3.05) is 26.4 Å². The maximum Gasteiger partial charge on any atom is 0.230 e. The van der Waals surface area contributed by atoms with Gasteiger partial charge in [-0.1, -0.05) is 12.2 Å². The van der Waals surface area contributed by atoms with E-state index in [-0.39, 0.29) is 30.5 Å². The van der Waals surface area contributed by atoms with Crippen LogP contribution in [0.2, 0.25) is 0 Å². The van der Waals surface area contributed by atoms with Crippen LogP contribution in [-0.4, -0.2) is 54.4 Å². The lowest BCUT2D eigenvalue weighted by molar-refractivity contribution is -0.144. The van der Waals surface area contributed by atoms with E-state index in [1.165, 1.54) is 0 Å². The number of hydrogen-bond acceptors (Lipinski definition) is 4. The largest absolute Gasteiger partial charge is 0.394 e. The molecule has 90 valence electrons. The monoisotopic (exact) mass is 226 g/mol. The number of nitrogens with two attached hydrogens (primary N) is 1. The second-order valence-corrected chi connectivity index (χ2v) is 4.33. The van der Waals surface area contributed by atoms with Crippen LogP contribution in [0.3, 0.4) is 0 Å². The van der Waals surface area contributed by atoms with E-state index < -0.39 is 0 Å². The van der Waals surface area contributed by atoms with E-state index >= 15 is 0 Å². The average Bonchev–Trinajstić information content (AvgIpc) is 2.75. The number of hydrogen-bond donors (Lipinski definition) is 2. The Morgan fingerprint density at radius 1 is 1.56 bits per heavy atom. The molecule has 1 fully saturated rings. The van der Waals surface area contributed by atoms with Crippen LogP contribution in [0.25, 0.3) is 0 Å². The van der Waals surface area contributed by atoms with Crippen LogP contribution in [0, 0.1) is 5.92 Å². The molecule has 3 atom stereocenters. The first-order valence-corrected chi connectivity index (χ1v) is 5.65. The molecule has 3 N–H and O–H groups in total. The zero-order valence-corrected chi connectivity index (χ0v) is 9.21. The average molecular weight is 226 g/mol. The fraction of sp³-hybridized carbons (Fsp3) is 0.727. The van der Waals surface area contributed by atoms with Crippen LogP contribution in [-0.2, 0) is 9.53 Å². The molecule has 0 radical (unpaired) electrons. The van der Waals surface area contributed by atoms with Crippen LogP contribution >= 0.6 is 0 Å². The molecule has 1 aliphatic heterocycles. The fourth-order valence-corrected chi connectivity index (χ4v) is 2.22. The van der Waals surface area contributed by atoms with E-state index in [1.807, 2.05) is 12.2 Å². The van der Waals surface area contributed by atoms with Crippen molar-refractivity contribution < 1.29 is 14.6 Å². The van der Waals surface area contributed by atoms with Gasteiger partial charge in [-0.05, 0) is 6.42 Å². The summed E-state index contributed by atoms with van der Waals surface area (Å²) in [6, 6.07) is -0.214. The van der Waals surface area contributed by atoms with E-state index in [0.717, 1.165) is 0 Å². The quantitative estimate of drug-likeness (QED) is 0.599. The zero-order valence-electron chi connectivity index (χ0n) is 9.21. The highest BCUT2D eigenvalue weighted by atomic mass is 16.5. The van der Waals surface area contributed by atoms with Crippen molar-refractivity contribution in [3.05, 3.63) is 12.2 Å². The van der Waals surface area contributed by atoms with Crippen molar-refractivity contribution in [2.45, 2.75) is 18.5 Å². The van der Waals surface area contributed by atoms with E-state index in [9.17, 15) is 9.90 Å². The third-order valence-electron chi connectivity index (χ3n) is 3.16. The van der Waals surface area contributed by atoms with Crippen molar-refractivity contribution in [3.8, 4) is 0 Å². The van der Waals surface area contributed by atoms with Gasteiger partial charge in [0.25, 0.3) is 0 Å². The number of aliphatic hydroxyl groups is 1. The van der Waals surface area contributed by atoms with Gasteiger partial charge >= 0.3 is 0 Å². The minimum absolute atomic E-state index is 0.0115. The van der Waals surface area contributed by atoms with Crippen LogP contribution in [0.15, 0.2) is 12.2 Å². The Labute approximate surface area is 94.9 Å². The molecule has 5 heteroatoms. The maximum atomic E-state index is 12.2. The van der Waals surface area contributed by atoms with Gasteiger partial charge in [0.1, 0.15) is 0 Å². The summed E-state index contributed by atoms with van der Waals surface area (Å²) in [6.45, 7) is 1.48. The second-order valence-electron chi connectivity index (χ2n) is 4.33. The molecule has 0 saturated carbocycles. The summed E-state index contributed by atoms with van der Waals surface area (Å²) >= 11 is 0. The van der Waals surface area contributed by atoms with Crippen molar-refractivity contribution in [1.82, 2.24) is 4.90 Å². The summed E-state index contributed by atoms with van der Waals surface area (Å²) in [5.41, 5.74) is 5.73. The van der Waals surface area contributed by atoms with Gasteiger partial charge in [-0.25, -0.2) is 0 Å². The molecular weight excluding hydrogens is 208 g/mol. The highest BCUT2D eigenvalue weighted by molar-refractivity contribution is 5.81. The van der Waals surface area contributed by atoms with E-state index in [1.54, 1.807) is 4.90 Å². The van der Waals surface area contributed by atoms with Crippen molar-refractivity contribution >= 4 is 5.91 Å². The maximum absolute atomic E-state index is 12.2. The van der Waals surface area contributed by atoms with Crippen LogP contribution < -0.4 is 5.73 Å². The molecule has 1 amide bonds. The molecule has 1 saturated heterocycles. The Balaban J connectivity index is 1.99. The number of rotatable bonds is 2. The first kappa shape index (κ1) is 11.6. The van der Waals surface area contributed by atoms with Crippen LogP contribution in [0.4, 0.5) is 0 Å². The van der Waals surface area contributed by atoms with E-state index in [4.69, 9.17) is 10.5 Å². The van der Waals surface area contributed by atoms with Gasteiger partial charge in [-0.3, -0.25) is 4.79 Å². The van der Waals surface area contributed by atoms with Crippen LogP contribution in [0.5, 0.6) is 0 Å². The highest BCUT2D eigenvalue weighted by Gasteiger charge is 2.32. The lowest BCUT2D eigenvalue weighted by atomic mass is 10.0. The number of nitrogens with zero attached hydrogens (tertiary/aromatic N) is 1. The molecule has 2 aliphatic rings. The van der Waals surface area contributed by atoms with Gasteiger partial charge in [0.05, 0.1) is 31.8 Å². The molecule has 0 aromatic heterocycles. The lowest BCUT2D eigenvalue weighted by Gasteiger charge is -2.35. The third-order valence-corrected chi connectivity index (χ3v) is 3.16. The number of ether oxygens (including phenoxy) is 1. The predicted octanol–water partition coefficient (Wildman–Crippen LogP) is -0.890. The topological polar surface area (TPSA) is 75.8 Å².